The summed E-state index contributed by atoms with van der Waals surface area (Å²) >= 11 is 0. The van der Waals surface area contributed by atoms with Gasteiger partial charge in [-0.15, -0.1) is 0 Å². The smallest absolute Gasteiger partial charge is 0.361 e. The summed E-state index contributed by atoms with van der Waals surface area (Å²) < 4.78 is 24.0. The average Bonchev–Trinajstić information content (AvgIpc) is 3.23. The number of hydrogen-bond donors (Lipinski definition) is 3. The van der Waals surface area contributed by atoms with Crippen LogP contribution in [-0.4, -0.2) is 53.2 Å². The third-order valence-corrected chi connectivity index (χ3v) is 6.26. The van der Waals surface area contributed by atoms with Crippen LogP contribution in [-0.2, 0) is 23.2 Å². The molecule has 2 heterocycles. The molecule has 0 saturated heterocycles. The topological polar surface area (TPSA) is 121 Å². The first kappa shape index (κ1) is 20.3. The summed E-state index contributed by atoms with van der Waals surface area (Å²) in [6.45, 7) is 3.46. The Morgan fingerprint density at radius 1 is 1.21 bits per heavy atom. The van der Waals surface area contributed by atoms with Gasteiger partial charge in [-0.25, -0.2) is 0 Å². The van der Waals surface area contributed by atoms with Crippen LogP contribution in [0.1, 0.15) is 13.8 Å². The van der Waals surface area contributed by atoms with Crippen molar-refractivity contribution in [3.63, 3.8) is 0 Å². The molecule has 10 heteroatoms. The summed E-state index contributed by atoms with van der Waals surface area (Å²) in [5, 5.41) is 13.0. The SMILES string of the molecule is CCOP(=O)(OCC)c1cc(NC2=CC(=O)N(CCO)C2=O)c2cc[nH]c2c1. The first-order chi connectivity index (χ1) is 13.4. The number of nitrogens with one attached hydrogen (secondary N) is 2. The normalized spacial score (nSPS) is 14.8. The molecule has 1 aliphatic heterocycles. The van der Waals surface area contributed by atoms with Crippen LogP contribution >= 0.6 is 7.60 Å². The van der Waals surface area contributed by atoms with Crippen LogP contribution in [0, 0.1) is 0 Å². The zero-order chi connectivity index (χ0) is 20.3. The number of aliphatic hydroxyl groups is 1. The largest absolute Gasteiger partial charge is 0.395 e. The van der Waals surface area contributed by atoms with Gasteiger partial charge in [0.25, 0.3) is 11.8 Å². The minimum Gasteiger partial charge on any atom is -0.395 e. The van der Waals surface area contributed by atoms with Crippen LogP contribution < -0.4 is 10.6 Å². The lowest BCUT2D eigenvalue weighted by Gasteiger charge is -2.19. The van der Waals surface area contributed by atoms with Crippen LogP contribution in [0.2, 0.25) is 0 Å². The van der Waals surface area contributed by atoms with Crippen molar-refractivity contribution in [2.45, 2.75) is 13.8 Å². The lowest BCUT2D eigenvalue weighted by atomic mass is 10.2. The number of aromatic nitrogens is 1. The summed E-state index contributed by atoms with van der Waals surface area (Å²) in [5.41, 5.74) is 1.22. The number of imide groups is 1. The van der Waals surface area contributed by atoms with Gasteiger partial charge < -0.3 is 24.5 Å². The van der Waals surface area contributed by atoms with Crippen molar-refractivity contribution in [1.82, 2.24) is 9.88 Å². The van der Waals surface area contributed by atoms with E-state index >= 15 is 0 Å². The fourth-order valence-corrected chi connectivity index (χ4v) is 4.62. The number of carbonyl (C=O) groups excluding carboxylic acids is 2. The Morgan fingerprint density at radius 3 is 2.57 bits per heavy atom. The highest BCUT2D eigenvalue weighted by atomic mass is 31.2. The molecule has 1 aromatic heterocycles. The molecule has 0 bridgehead atoms. The second-order valence-corrected chi connectivity index (χ2v) is 7.99. The minimum atomic E-state index is -3.55. The molecule has 0 unspecified atom stereocenters. The molecule has 2 amide bonds. The fraction of sp³-hybridized carbons (Fsp3) is 0.333. The molecule has 1 aromatic carbocycles. The highest BCUT2D eigenvalue weighted by molar-refractivity contribution is 7.62. The fourth-order valence-electron chi connectivity index (χ4n) is 2.99. The van der Waals surface area contributed by atoms with Crippen LogP contribution in [0.15, 0.2) is 36.2 Å². The Kier molecular flexibility index (Phi) is 6.00. The summed E-state index contributed by atoms with van der Waals surface area (Å²) in [4.78, 5) is 28.4. The average molecular weight is 407 g/mol. The molecule has 3 rings (SSSR count). The van der Waals surface area contributed by atoms with Crippen LogP contribution in [0.4, 0.5) is 5.69 Å². The number of benzene rings is 1. The number of H-pyrrole nitrogens is 1. The summed E-state index contributed by atoms with van der Waals surface area (Å²) in [6.07, 6.45) is 2.88. The van der Waals surface area contributed by atoms with Crippen molar-refractivity contribution in [2.24, 2.45) is 0 Å². The van der Waals surface area contributed by atoms with Crippen molar-refractivity contribution in [1.29, 1.82) is 0 Å². The van der Waals surface area contributed by atoms with Crippen molar-refractivity contribution in [3.8, 4) is 0 Å². The molecule has 3 N–H and O–H groups in total. The maximum absolute atomic E-state index is 13.2. The summed E-state index contributed by atoms with van der Waals surface area (Å²) in [7, 11) is -3.55. The van der Waals surface area contributed by atoms with Crippen LogP contribution in [0.25, 0.3) is 10.9 Å². The third kappa shape index (κ3) is 3.74. The van der Waals surface area contributed by atoms with E-state index in [1.165, 1.54) is 6.08 Å². The zero-order valence-corrected chi connectivity index (χ0v) is 16.5. The molecule has 0 aliphatic carbocycles. The highest BCUT2D eigenvalue weighted by Crippen LogP contribution is 2.48. The minimum absolute atomic E-state index is 0.0701. The van der Waals surface area contributed by atoms with Gasteiger partial charge >= 0.3 is 7.60 Å². The van der Waals surface area contributed by atoms with E-state index in [0.29, 0.717) is 16.5 Å². The maximum Gasteiger partial charge on any atom is 0.361 e. The van der Waals surface area contributed by atoms with Gasteiger partial charge in [0.05, 0.1) is 31.7 Å². The molecule has 2 aromatic rings. The number of β-amino-alcohol motifs (C(OH)–C–C–N with tert-alkyl or cyclic N) is 1. The Balaban J connectivity index is 2.01. The highest BCUT2D eigenvalue weighted by Gasteiger charge is 2.32. The molecule has 0 radical (unpaired) electrons. The first-order valence-corrected chi connectivity index (χ1v) is 10.4. The molecule has 0 atom stereocenters. The number of aliphatic hydroxyl groups excluding tert-OH is 1. The Hall–Kier alpha value is -2.45. The van der Waals surface area contributed by atoms with Gasteiger partial charge in [0.15, 0.2) is 0 Å². The zero-order valence-electron chi connectivity index (χ0n) is 15.6. The predicted octanol–water partition coefficient (Wildman–Crippen LogP) is 1.72. The van der Waals surface area contributed by atoms with E-state index in [9.17, 15) is 14.2 Å². The van der Waals surface area contributed by atoms with Crippen LogP contribution in [0.3, 0.4) is 0 Å². The van der Waals surface area contributed by atoms with Crippen molar-refractivity contribution < 1.29 is 28.3 Å². The molecular formula is C18H22N3O6P. The number of aromatic amines is 1. The molecule has 1 aliphatic rings. The van der Waals surface area contributed by atoms with Gasteiger partial charge in [-0.3, -0.25) is 19.1 Å². The standard InChI is InChI=1S/C18H22N3O6P/c1-3-26-28(25,27-4-2)12-9-14-13(5-6-19-14)15(10-12)20-16-11-17(23)21(7-8-22)18(16)24/h5-6,9-11,19-20,22H,3-4,7-8H2,1-2H3. The molecular weight excluding hydrogens is 385 g/mol. The third-order valence-electron chi connectivity index (χ3n) is 4.17. The lowest BCUT2D eigenvalue weighted by molar-refractivity contribution is -0.137. The number of amides is 2. The van der Waals surface area contributed by atoms with Crippen molar-refractivity contribution in [3.05, 3.63) is 36.2 Å². The quantitative estimate of drug-likeness (QED) is 0.427. The second-order valence-electron chi connectivity index (χ2n) is 5.97. The van der Waals surface area contributed by atoms with Gasteiger partial charge in [-0.05, 0) is 32.0 Å². The molecule has 28 heavy (non-hydrogen) atoms. The predicted molar refractivity (Wildman–Crippen MR) is 104 cm³/mol. The monoisotopic (exact) mass is 407 g/mol. The van der Waals surface area contributed by atoms with Gasteiger partial charge in [0.1, 0.15) is 5.70 Å². The van der Waals surface area contributed by atoms with Gasteiger partial charge in [-0.2, -0.15) is 0 Å². The number of rotatable bonds is 9. The number of hydrogen-bond acceptors (Lipinski definition) is 7. The molecule has 9 nitrogen and oxygen atoms in total. The number of carbonyl (C=O) groups is 2. The van der Waals surface area contributed by atoms with Gasteiger partial charge in [0.2, 0.25) is 0 Å². The molecule has 0 fully saturated rings. The number of nitrogens with zero attached hydrogens (tertiary/aromatic N) is 1. The number of fused-ring (bicyclic) bond motifs is 1. The van der Waals surface area contributed by atoms with E-state index in [4.69, 9.17) is 14.2 Å². The molecule has 0 spiro atoms. The van der Waals surface area contributed by atoms with Gasteiger partial charge in [-0.1, -0.05) is 0 Å². The van der Waals surface area contributed by atoms with E-state index in [1.807, 2.05) is 0 Å². The van der Waals surface area contributed by atoms with E-state index in [-0.39, 0.29) is 32.1 Å². The Bertz CT molecular complexity index is 973. The number of anilines is 1. The van der Waals surface area contributed by atoms with E-state index < -0.39 is 19.4 Å². The molecule has 150 valence electrons. The summed E-state index contributed by atoms with van der Waals surface area (Å²) in [5.74, 6) is -1.04. The van der Waals surface area contributed by atoms with E-state index in [1.54, 1.807) is 38.2 Å². The summed E-state index contributed by atoms with van der Waals surface area (Å²) in [6, 6.07) is 5.07. The van der Waals surface area contributed by atoms with Crippen molar-refractivity contribution in [2.75, 3.05) is 31.7 Å². The van der Waals surface area contributed by atoms with Crippen LogP contribution in [0.5, 0.6) is 0 Å². The maximum atomic E-state index is 13.2. The first-order valence-electron chi connectivity index (χ1n) is 8.89. The second kappa shape index (κ2) is 8.28. The Morgan fingerprint density at radius 2 is 1.93 bits per heavy atom. The molecule has 0 saturated carbocycles. The lowest BCUT2D eigenvalue weighted by Crippen LogP contribution is -2.34. The Labute approximate surface area is 161 Å². The van der Waals surface area contributed by atoms with Gasteiger partial charge in [0, 0.05) is 28.9 Å². The van der Waals surface area contributed by atoms with E-state index in [2.05, 4.69) is 10.3 Å². The van der Waals surface area contributed by atoms with Crippen molar-refractivity contribution >= 4 is 41.3 Å². The van der Waals surface area contributed by atoms with E-state index in [0.717, 1.165) is 10.3 Å².